The Bertz CT molecular complexity index is 628. The Kier molecular flexibility index (Phi) is 4.58. The first-order chi connectivity index (χ1) is 10.7. The number of rotatable bonds is 4. The van der Waals surface area contributed by atoms with Gasteiger partial charge in [-0.15, -0.1) is 11.3 Å². The van der Waals surface area contributed by atoms with Gasteiger partial charge in [0.15, 0.2) is 5.13 Å². The van der Waals surface area contributed by atoms with Crippen LogP contribution in [0.2, 0.25) is 0 Å². The SMILES string of the molecule is CCOc1ccc(NC(=O)Nc2nc3c(s2)CCCC3)cc1. The third-order valence-electron chi connectivity index (χ3n) is 3.49. The van der Waals surface area contributed by atoms with E-state index in [1.54, 1.807) is 11.3 Å². The molecule has 0 atom stereocenters. The molecule has 5 nitrogen and oxygen atoms in total. The maximum Gasteiger partial charge on any atom is 0.325 e. The van der Waals surface area contributed by atoms with Crippen LogP contribution in [0.15, 0.2) is 24.3 Å². The Morgan fingerprint density at radius 3 is 2.73 bits per heavy atom. The van der Waals surface area contributed by atoms with Crippen molar-refractivity contribution in [2.45, 2.75) is 32.6 Å². The van der Waals surface area contributed by atoms with E-state index in [0.29, 0.717) is 11.7 Å². The van der Waals surface area contributed by atoms with Crippen molar-refractivity contribution in [3.63, 3.8) is 0 Å². The van der Waals surface area contributed by atoms with E-state index < -0.39 is 0 Å². The van der Waals surface area contributed by atoms with Crippen molar-refractivity contribution in [1.29, 1.82) is 0 Å². The first kappa shape index (κ1) is 14.8. The number of hydrogen-bond donors (Lipinski definition) is 2. The predicted octanol–water partition coefficient (Wildman–Crippen LogP) is 4.06. The van der Waals surface area contributed by atoms with Crippen LogP contribution in [0.25, 0.3) is 0 Å². The number of nitrogens with one attached hydrogen (secondary N) is 2. The highest BCUT2D eigenvalue weighted by Crippen LogP contribution is 2.29. The second kappa shape index (κ2) is 6.79. The quantitative estimate of drug-likeness (QED) is 0.893. The van der Waals surface area contributed by atoms with Crippen molar-refractivity contribution in [3.05, 3.63) is 34.8 Å². The number of amides is 2. The minimum Gasteiger partial charge on any atom is -0.494 e. The minimum absolute atomic E-state index is 0.268. The number of carbonyl (C=O) groups is 1. The third-order valence-corrected chi connectivity index (χ3v) is 4.56. The molecule has 116 valence electrons. The number of thiazole rings is 1. The predicted molar refractivity (Wildman–Crippen MR) is 89.0 cm³/mol. The fraction of sp³-hybridized carbons (Fsp3) is 0.375. The highest BCUT2D eigenvalue weighted by Gasteiger charge is 2.16. The number of urea groups is 1. The van der Waals surface area contributed by atoms with Crippen molar-refractivity contribution in [2.75, 3.05) is 17.2 Å². The third kappa shape index (κ3) is 3.57. The summed E-state index contributed by atoms with van der Waals surface area (Å²) < 4.78 is 5.37. The summed E-state index contributed by atoms with van der Waals surface area (Å²) in [6.45, 7) is 2.56. The molecule has 0 fully saturated rings. The van der Waals surface area contributed by atoms with Crippen LogP contribution in [-0.2, 0) is 12.8 Å². The monoisotopic (exact) mass is 317 g/mol. The topological polar surface area (TPSA) is 63.2 Å². The number of carbonyl (C=O) groups excluding carboxylic acids is 1. The summed E-state index contributed by atoms with van der Waals surface area (Å²) in [5.74, 6) is 0.793. The first-order valence-corrected chi connectivity index (χ1v) is 8.35. The standard InChI is InChI=1S/C16H19N3O2S/c1-2-21-12-9-7-11(8-10-12)17-15(20)19-16-18-13-5-3-4-6-14(13)22-16/h7-10H,2-6H2,1H3,(H2,17,18,19,20). The molecule has 2 amide bonds. The number of benzene rings is 1. The van der Waals surface area contributed by atoms with E-state index in [-0.39, 0.29) is 6.03 Å². The Balaban J connectivity index is 1.58. The number of aryl methyl sites for hydroxylation is 2. The zero-order valence-electron chi connectivity index (χ0n) is 12.5. The molecule has 3 rings (SSSR count). The molecule has 6 heteroatoms. The summed E-state index contributed by atoms with van der Waals surface area (Å²) in [4.78, 5) is 17.8. The lowest BCUT2D eigenvalue weighted by atomic mass is 10.0. The van der Waals surface area contributed by atoms with Crippen LogP contribution in [0.5, 0.6) is 5.75 Å². The number of aromatic nitrogens is 1. The van der Waals surface area contributed by atoms with Gasteiger partial charge in [0, 0.05) is 10.6 Å². The molecule has 0 radical (unpaired) electrons. The van der Waals surface area contributed by atoms with Gasteiger partial charge < -0.3 is 10.1 Å². The van der Waals surface area contributed by atoms with Crippen molar-refractivity contribution in [2.24, 2.45) is 0 Å². The highest BCUT2D eigenvalue weighted by molar-refractivity contribution is 7.15. The molecule has 22 heavy (non-hydrogen) atoms. The second-order valence-corrected chi connectivity index (χ2v) is 6.22. The Morgan fingerprint density at radius 1 is 1.23 bits per heavy atom. The fourth-order valence-corrected chi connectivity index (χ4v) is 3.51. The van der Waals surface area contributed by atoms with E-state index in [9.17, 15) is 4.79 Å². The van der Waals surface area contributed by atoms with E-state index in [1.165, 1.54) is 17.7 Å². The molecule has 0 aliphatic heterocycles. The largest absolute Gasteiger partial charge is 0.494 e. The molecule has 0 spiro atoms. The van der Waals surface area contributed by atoms with Crippen LogP contribution in [0.3, 0.4) is 0 Å². The lowest BCUT2D eigenvalue weighted by Crippen LogP contribution is -2.19. The molecule has 1 aromatic heterocycles. The van der Waals surface area contributed by atoms with Gasteiger partial charge in [0.2, 0.25) is 0 Å². The minimum atomic E-state index is -0.268. The van der Waals surface area contributed by atoms with Gasteiger partial charge in [0.25, 0.3) is 0 Å². The van der Waals surface area contributed by atoms with Crippen molar-refractivity contribution < 1.29 is 9.53 Å². The molecule has 0 saturated heterocycles. The Labute approximate surface area is 133 Å². The van der Waals surface area contributed by atoms with Gasteiger partial charge in [0.1, 0.15) is 5.75 Å². The molecule has 1 aromatic carbocycles. The van der Waals surface area contributed by atoms with Gasteiger partial charge >= 0.3 is 6.03 Å². The van der Waals surface area contributed by atoms with Gasteiger partial charge in [0.05, 0.1) is 12.3 Å². The maximum absolute atomic E-state index is 12.0. The molecule has 1 aliphatic rings. The van der Waals surface area contributed by atoms with Crippen LogP contribution in [0.4, 0.5) is 15.6 Å². The number of anilines is 2. The van der Waals surface area contributed by atoms with Gasteiger partial charge in [-0.25, -0.2) is 9.78 Å². The lowest BCUT2D eigenvalue weighted by molar-refractivity contribution is 0.262. The van der Waals surface area contributed by atoms with Gasteiger partial charge in [-0.05, 0) is 56.9 Å². The summed E-state index contributed by atoms with van der Waals surface area (Å²) >= 11 is 1.58. The number of fused-ring (bicyclic) bond motifs is 1. The molecule has 0 saturated carbocycles. The van der Waals surface area contributed by atoms with Gasteiger partial charge in [-0.3, -0.25) is 5.32 Å². The first-order valence-electron chi connectivity index (χ1n) is 7.54. The molecular weight excluding hydrogens is 298 g/mol. The summed E-state index contributed by atoms with van der Waals surface area (Å²) in [6.07, 6.45) is 4.50. The molecule has 0 bridgehead atoms. The Hall–Kier alpha value is -2.08. The average molecular weight is 317 g/mol. The maximum atomic E-state index is 12.0. The zero-order chi connectivity index (χ0) is 15.4. The van der Waals surface area contributed by atoms with Crippen LogP contribution in [-0.4, -0.2) is 17.6 Å². The van der Waals surface area contributed by atoms with Crippen LogP contribution < -0.4 is 15.4 Å². The molecule has 2 N–H and O–H groups in total. The Morgan fingerprint density at radius 2 is 2.00 bits per heavy atom. The highest BCUT2D eigenvalue weighted by atomic mass is 32.1. The van der Waals surface area contributed by atoms with Crippen LogP contribution >= 0.6 is 11.3 Å². The second-order valence-electron chi connectivity index (χ2n) is 5.13. The lowest BCUT2D eigenvalue weighted by Gasteiger charge is -2.07. The molecule has 0 unspecified atom stereocenters. The zero-order valence-corrected chi connectivity index (χ0v) is 13.3. The fourth-order valence-electron chi connectivity index (χ4n) is 2.47. The molecule has 1 aliphatic carbocycles. The number of hydrogen-bond acceptors (Lipinski definition) is 4. The number of ether oxygens (including phenoxy) is 1. The van der Waals surface area contributed by atoms with Crippen LogP contribution in [0.1, 0.15) is 30.3 Å². The van der Waals surface area contributed by atoms with E-state index in [2.05, 4.69) is 15.6 Å². The number of nitrogens with zero attached hydrogens (tertiary/aromatic N) is 1. The van der Waals surface area contributed by atoms with Gasteiger partial charge in [-0.2, -0.15) is 0 Å². The van der Waals surface area contributed by atoms with Crippen molar-refractivity contribution in [3.8, 4) is 5.75 Å². The van der Waals surface area contributed by atoms with E-state index in [0.717, 1.165) is 30.0 Å². The van der Waals surface area contributed by atoms with E-state index in [1.807, 2.05) is 31.2 Å². The van der Waals surface area contributed by atoms with Crippen LogP contribution in [0, 0.1) is 0 Å². The summed E-state index contributed by atoms with van der Waals surface area (Å²) in [5, 5.41) is 6.29. The molecule has 1 heterocycles. The van der Waals surface area contributed by atoms with Crippen molar-refractivity contribution in [1.82, 2.24) is 4.98 Å². The average Bonchev–Trinajstić information content (AvgIpc) is 2.91. The summed E-state index contributed by atoms with van der Waals surface area (Å²) in [5.41, 5.74) is 1.87. The summed E-state index contributed by atoms with van der Waals surface area (Å²) in [7, 11) is 0. The molecule has 2 aromatic rings. The smallest absolute Gasteiger partial charge is 0.325 e. The summed E-state index contributed by atoms with van der Waals surface area (Å²) in [6, 6.07) is 7.03. The van der Waals surface area contributed by atoms with E-state index in [4.69, 9.17) is 4.74 Å². The van der Waals surface area contributed by atoms with E-state index >= 15 is 0 Å². The van der Waals surface area contributed by atoms with Gasteiger partial charge in [-0.1, -0.05) is 0 Å². The van der Waals surface area contributed by atoms with Crippen molar-refractivity contribution >= 4 is 28.2 Å². The molecular formula is C16H19N3O2S. The normalized spacial score (nSPS) is 13.3.